The van der Waals surface area contributed by atoms with Crippen LogP contribution >= 0.6 is 0 Å². The molecule has 0 atom stereocenters. The van der Waals surface area contributed by atoms with Gasteiger partial charge in [-0.25, -0.2) is 0 Å². The van der Waals surface area contributed by atoms with Gasteiger partial charge >= 0.3 is 74.6 Å². The van der Waals surface area contributed by atoms with Crippen molar-refractivity contribution in [2.75, 3.05) is 0 Å². The third-order valence-corrected chi connectivity index (χ3v) is 0. The van der Waals surface area contributed by atoms with E-state index in [9.17, 15) is 0 Å². The van der Waals surface area contributed by atoms with Crippen molar-refractivity contribution in [1.29, 1.82) is 0 Å². The van der Waals surface area contributed by atoms with Crippen LogP contribution in [0.2, 0.25) is 0 Å². The Morgan fingerprint density at radius 3 is 0.320 bits per heavy atom. The largest absolute Gasteiger partial charge is 3.00 e. The van der Waals surface area contributed by atoms with E-state index in [1.54, 1.807) is 0 Å². The minimum atomic E-state index is -5.17. The molecule has 0 amide bonds. The minimum absolute atomic E-state index is 0. The first kappa shape index (κ1) is 93.7. The van der Waals surface area contributed by atoms with E-state index in [1.807, 2.05) is 0 Å². The fourth-order valence-corrected chi connectivity index (χ4v) is 0. The standard InChI is InChI=1S/2Er.3H2O4S.8H2O/c;;3*1-5(2,3)4;;;;;;;;/h;;3*(H2,1,2,3,4);8*1H2/q2*+3;;;;;;;;;;;/p-6. The molecule has 0 bridgehead atoms. The molecule has 178 valence electrons. The quantitative estimate of drug-likeness (QED) is 0.164. The fourth-order valence-electron chi connectivity index (χ4n) is 0. The van der Waals surface area contributed by atoms with Crippen LogP contribution in [0.15, 0.2) is 0 Å². The second-order valence-corrected chi connectivity index (χ2v) is 3.67. The van der Waals surface area contributed by atoms with Crippen molar-refractivity contribution in [2.24, 2.45) is 0 Å². The summed E-state index contributed by atoms with van der Waals surface area (Å²) in [6.45, 7) is 0. The molecule has 0 rings (SSSR count). The molecule has 0 fully saturated rings. The van der Waals surface area contributed by atoms with Crippen molar-refractivity contribution in [3.63, 3.8) is 0 Å². The predicted molar refractivity (Wildman–Crippen MR) is 60.3 cm³/mol. The van der Waals surface area contributed by atoms with Crippen LogP contribution in [0.25, 0.3) is 0 Å². The van der Waals surface area contributed by atoms with E-state index < -0.39 is 31.2 Å². The molecule has 0 aromatic rings. The Balaban J connectivity index is -0.00000000655. The first-order valence-corrected chi connectivity index (χ1v) is 6.00. The molecule has 0 aromatic carbocycles. The predicted octanol–water partition coefficient (Wildman–Crippen LogP) is -10.6. The van der Waals surface area contributed by atoms with Gasteiger partial charge in [0.15, 0.2) is 0 Å². The van der Waals surface area contributed by atoms with Crippen molar-refractivity contribution < 1.29 is 171 Å². The first-order valence-electron chi connectivity index (χ1n) is 2.00. The smallest absolute Gasteiger partial charge is 0.759 e. The second-order valence-electron chi connectivity index (χ2n) is 1.22. The number of rotatable bonds is 0. The molecule has 0 aromatic heterocycles. The average Bonchev–Trinajstić information content (AvgIpc) is 1.41. The van der Waals surface area contributed by atoms with Gasteiger partial charge in [0.25, 0.3) is 0 Å². The van der Waals surface area contributed by atoms with E-state index in [0.717, 1.165) is 0 Å². The van der Waals surface area contributed by atoms with Gasteiger partial charge < -0.3 is 71.1 Å². The Morgan fingerprint density at radius 2 is 0.320 bits per heavy atom. The molecule has 0 spiro atoms. The summed E-state index contributed by atoms with van der Waals surface area (Å²) in [6, 6.07) is 0. The molecule has 25 heteroatoms. The van der Waals surface area contributed by atoms with Crippen molar-refractivity contribution in [3.05, 3.63) is 0 Å². The topological polar surface area (TPSA) is 493 Å². The van der Waals surface area contributed by atoms with E-state index in [1.165, 1.54) is 0 Å². The molecule has 0 heterocycles. The van der Waals surface area contributed by atoms with E-state index in [0.29, 0.717) is 0 Å². The van der Waals surface area contributed by atoms with Crippen molar-refractivity contribution >= 4 is 31.2 Å². The summed E-state index contributed by atoms with van der Waals surface area (Å²) >= 11 is 0. The molecule has 20 nitrogen and oxygen atoms in total. The van der Waals surface area contributed by atoms with E-state index in [4.69, 9.17) is 52.6 Å². The summed E-state index contributed by atoms with van der Waals surface area (Å²) in [4.78, 5) is 0. The minimum Gasteiger partial charge on any atom is -0.759 e. The van der Waals surface area contributed by atoms with Gasteiger partial charge in [-0.3, -0.25) is 25.3 Å². The fraction of sp³-hybridized carbons (Fsp3) is 0. The maximum atomic E-state index is 8.52. The van der Waals surface area contributed by atoms with Gasteiger partial charge in [-0.2, -0.15) is 0 Å². The van der Waals surface area contributed by atoms with Crippen LogP contribution in [0.3, 0.4) is 0 Å². The SMILES string of the molecule is O.O.O.O.O.O.O.O.O=S(=O)([O-])[O-].O=S(=O)([O-])[O-].O=S(=O)([O-])[O-].[Er+3].[Er+3]. The Hall–Kier alpha value is 1.78. The number of hydrogen-bond donors (Lipinski definition) is 0. The van der Waals surface area contributed by atoms with Gasteiger partial charge in [-0.1, -0.05) is 0 Å². The zero-order valence-electron chi connectivity index (χ0n) is 10.7. The molecule has 16 N–H and O–H groups in total. The van der Waals surface area contributed by atoms with Crippen molar-refractivity contribution in [1.82, 2.24) is 0 Å². The Morgan fingerprint density at radius 1 is 0.320 bits per heavy atom. The normalized spacial score (nSPS) is 6.96. The molecular formula is H16Er2O20S3. The summed E-state index contributed by atoms with van der Waals surface area (Å²) in [5.41, 5.74) is 0. The summed E-state index contributed by atoms with van der Waals surface area (Å²) in [6.07, 6.45) is 0. The van der Waals surface area contributed by atoms with Gasteiger partial charge in [0, 0.05) is 31.2 Å². The maximum absolute atomic E-state index is 8.52. The van der Waals surface area contributed by atoms with Gasteiger partial charge in [-0.05, 0) is 0 Å². The average molecular weight is 767 g/mol. The molecule has 0 aliphatic rings. The van der Waals surface area contributed by atoms with Crippen LogP contribution in [-0.4, -0.2) is 96.4 Å². The third-order valence-electron chi connectivity index (χ3n) is 0. The summed E-state index contributed by atoms with van der Waals surface area (Å²) in [5, 5.41) is 0. The van der Waals surface area contributed by atoms with Crippen molar-refractivity contribution in [3.8, 4) is 0 Å². The van der Waals surface area contributed by atoms with Crippen LogP contribution in [0, 0.1) is 74.6 Å². The van der Waals surface area contributed by atoms with Crippen LogP contribution in [0.5, 0.6) is 0 Å². The molecule has 25 heavy (non-hydrogen) atoms. The zero-order chi connectivity index (χ0) is 13.5. The molecule has 0 unspecified atom stereocenters. The van der Waals surface area contributed by atoms with E-state index in [2.05, 4.69) is 0 Å². The van der Waals surface area contributed by atoms with Crippen LogP contribution < -0.4 is 0 Å². The monoisotopic (exact) mass is 764 g/mol. The summed E-state index contributed by atoms with van der Waals surface area (Å²) in [7, 11) is -15.5. The molecule has 0 aliphatic heterocycles. The molecule has 0 aliphatic carbocycles. The molecular weight excluding hydrogens is 751 g/mol. The maximum Gasteiger partial charge on any atom is 3.00 e. The van der Waals surface area contributed by atoms with Crippen LogP contribution in [0.4, 0.5) is 0 Å². The van der Waals surface area contributed by atoms with Gasteiger partial charge in [0.1, 0.15) is 0 Å². The van der Waals surface area contributed by atoms with Crippen molar-refractivity contribution in [2.45, 2.75) is 0 Å². The van der Waals surface area contributed by atoms with Gasteiger partial charge in [0.05, 0.1) is 0 Å². The molecule has 0 saturated carbocycles. The molecule has 0 saturated heterocycles. The van der Waals surface area contributed by atoms with Crippen LogP contribution in [0.1, 0.15) is 0 Å². The third kappa shape index (κ3) is 4590. The Bertz CT molecular complexity index is 344. The zero-order valence-corrected chi connectivity index (χ0v) is 16.9. The first-order chi connectivity index (χ1) is 6.00. The summed E-state index contributed by atoms with van der Waals surface area (Å²) < 4.78 is 102. The summed E-state index contributed by atoms with van der Waals surface area (Å²) in [5.74, 6) is 0. The Labute approximate surface area is 200 Å². The van der Waals surface area contributed by atoms with Crippen LogP contribution in [-0.2, 0) is 31.2 Å². The second kappa shape index (κ2) is 40.5. The molecule has 2 radical (unpaired) electrons. The van der Waals surface area contributed by atoms with Gasteiger partial charge in [-0.15, -0.1) is 0 Å². The number of hydrogen-bond acceptors (Lipinski definition) is 12. The Kier molecular flexibility index (Phi) is 152. The van der Waals surface area contributed by atoms with E-state index >= 15 is 0 Å². The van der Waals surface area contributed by atoms with E-state index in [-0.39, 0.29) is 118 Å². The van der Waals surface area contributed by atoms with Gasteiger partial charge in [0.2, 0.25) is 0 Å².